The minimum atomic E-state index is -0.0253. The molecule has 0 bridgehead atoms. The highest BCUT2D eigenvalue weighted by Crippen LogP contribution is 2.26. The predicted molar refractivity (Wildman–Crippen MR) is 67.1 cm³/mol. The van der Waals surface area contributed by atoms with Gasteiger partial charge in [0.25, 0.3) is 0 Å². The van der Waals surface area contributed by atoms with Crippen molar-refractivity contribution in [3.63, 3.8) is 0 Å². The van der Waals surface area contributed by atoms with E-state index in [2.05, 4.69) is 20.6 Å². The molecule has 2 rings (SSSR count). The zero-order valence-corrected chi connectivity index (χ0v) is 10.0. The first kappa shape index (κ1) is 11.1. The van der Waals surface area contributed by atoms with E-state index < -0.39 is 0 Å². The van der Waals surface area contributed by atoms with Gasteiger partial charge < -0.3 is 15.7 Å². The van der Waals surface area contributed by atoms with Crippen LogP contribution in [-0.4, -0.2) is 34.8 Å². The molecule has 0 aliphatic heterocycles. The molecule has 0 amide bonds. The van der Waals surface area contributed by atoms with Crippen LogP contribution in [0.25, 0.3) is 10.2 Å². The summed E-state index contributed by atoms with van der Waals surface area (Å²) in [5.74, 6) is 1.35. The number of aliphatic hydroxyl groups excluding tert-OH is 1. The third-order valence-electron chi connectivity index (χ3n) is 2.21. The number of hydrogen-bond donors (Lipinski definition) is 3. The molecule has 0 saturated heterocycles. The second kappa shape index (κ2) is 4.63. The number of thiophene rings is 1. The Labute approximate surface area is 97.5 Å². The molecule has 2 heterocycles. The third-order valence-corrected chi connectivity index (χ3v) is 3.01. The van der Waals surface area contributed by atoms with Crippen molar-refractivity contribution in [3.8, 4) is 0 Å². The third kappa shape index (κ3) is 2.07. The van der Waals surface area contributed by atoms with Gasteiger partial charge in [0.2, 0.25) is 5.95 Å². The fraction of sp³-hybridized carbons (Fsp3) is 0.400. The van der Waals surface area contributed by atoms with Crippen molar-refractivity contribution in [3.05, 3.63) is 11.4 Å². The number of hydrogen-bond acceptors (Lipinski definition) is 6. The van der Waals surface area contributed by atoms with E-state index in [4.69, 9.17) is 5.11 Å². The van der Waals surface area contributed by atoms with Crippen LogP contribution < -0.4 is 10.6 Å². The zero-order valence-electron chi connectivity index (χ0n) is 9.19. The van der Waals surface area contributed by atoms with Crippen molar-refractivity contribution in [2.45, 2.75) is 13.0 Å². The molecule has 2 aromatic heterocycles. The molecule has 16 heavy (non-hydrogen) atoms. The Morgan fingerprint density at radius 3 is 3.00 bits per heavy atom. The molecular formula is C10H14N4OS. The number of aromatic nitrogens is 2. The molecule has 6 heteroatoms. The average molecular weight is 238 g/mol. The van der Waals surface area contributed by atoms with Gasteiger partial charge in [-0.2, -0.15) is 4.98 Å². The van der Waals surface area contributed by atoms with Crippen LogP contribution in [0.15, 0.2) is 11.4 Å². The summed E-state index contributed by atoms with van der Waals surface area (Å²) in [6.07, 6.45) is 0. The van der Waals surface area contributed by atoms with Crippen LogP contribution in [0.4, 0.5) is 11.8 Å². The normalized spacial score (nSPS) is 12.7. The molecule has 0 fully saturated rings. The van der Waals surface area contributed by atoms with Gasteiger partial charge in [0.05, 0.1) is 12.0 Å². The van der Waals surface area contributed by atoms with Crippen LogP contribution in [0.3, 0.4) is 0 Å². The van der Waals surface area contributed by atoms with E-state index in [0.717, 1.165) is 16.0 Å². The van der Waals surface area contributed by atoms with Crippen LogP contribution in [0, 0.1) is 0 Å². The Bertz CT molecular complexity index is 485. The molecule has 0 radical (unpaired) electrons. The molecule has 0 saturated carbocycles. The quantitative estimate of drug-likeness (QED) is 0.753. The van der Waals surface area contributed by atoms with Crippen molar-refractivity contribution in [1.29, 1.82) is 0 Å². The largest absolute Gasteiger partial charge is 0.394 e. The van der Waals surface area contributed by atoms with E-state index >= 15 is 0 Å². The van der Waals surface area contributed by atoms with Gasteiger partial charge >= 0.3 is 0 Å². The van der Waals surface area contributed by atoms with Crippen LogP contribution in [0.2, 0.25) is 0 Å². The first-order valence-electron chi connectivity index (χ1n) is 5.05. The van der Waals surface area contributed by atoms with E-state index in [1.165, 1.54) is 0 Å². The number of anilines is 2. The maximum Gasteiger partial charge on any atom is 0.225 e. The fourth-order valence-electron chi connectivity index (χ4n) is 1.36. The van der Waals surface area contributed by atoms with Gasteiger partial charge in [-0.1, -0.05) is 0 Å². The molecule has 0 aliphatic rings. The van der Waals surface area contributed by atoms with Crippen molar-refractivity contribution >= 4 is 33.3 Å². The summed E-state index contributed by atoms with van der Waals surface area (Å²) in [6.45, 7) is 1.98. The van der Waals surface area contributed by atoms with E-state index in [-0.39, 0.29) is 12.6 Å². The van der Waals surface area contributed by atoms with Crippen LogP contribution in [0.1, 0.15) is 6.92 Å². The zero-order chi connectivity index (χ0) is 11.5. The Morgan fingerprint density at radius 2 is 2.31 bits per heavy atom. The minimum Gasteiger partial charge on any atom is -0.394 e. The number of aliphatic hydroxyl groups is 1. The maximum atomic E-state index is 9.03. The predicted octanol–water partition coefficient (Wildman–Crippen LogP) is 1.53. The molecule has 2 aromatic rings. The highest BCUT2D eigenvalue weighted by atomic mass is 32.1. The Morgan fingerprint density at radius 1 is 1.50 bits per heavy atom. The smallest absolute Gasteiger partial charge is 0.225 e. The lowest BCUT2D eigenvalue weighted by atomic mass is 10.3. The van der Waals surface area contributed by atoms with Gasteiger partial charge in [0, 0.05) is 13.1 Å². The summed E-state index contributed by atoms with van der Waals surface area (Å²) >= 11 is 1.57. The summed E-state index contributed by atoms with van der Waals surface area (Å²) in [7, 11) is 1.79. The van der Waals surface area contributed by atoms with Crippen LogP contribution >= 0.6 is 11.3 Å². The maximum absolute atomic E-state index is 9.03. The summed E-state index contributed by atoms with van der Waals surface area (Å²) in [5.41, 5.74) is 0. The molecule has 1 unspecified atom stereocenters. The van der Waals surface area contributed by atoms with E-state index in [1.807, 2.05) is 18.4 Å². The van der Waals surface area contributed by atoms with Gasteiger partial charge in [0.15, 0.2) is 0 Å². The second-order valence-corrected chi connectivity index (χ2v) is 4.41. The lowest BCUT2D eigenvalue weighted by molar-refractivity contribution is 0.281. The van der Waals surface area contributed by atoms with Gasteiger partial charge in [-0.25, -0.2) is 4.98 Å². The fourth-order valence-corrected chi connectivity index (χ4v) is 2.12. The van der Waals surface area contributed by atoms with Crippen molar-refractivity contribution in [2.75, 3.05) is 24.3 Å². The van der Waals surface area contributed by atoms with Crippen LogP contribution in [-0.2, 0) is 0 Å². The lowest BCUT2D eigenvalue weighted by Gasteiger charge is -2.13. The summed E-state index contributed by atoms with van der Waals surface area (Å²) in [6, 6.07) is 1.95. The Balaban J connectivity index is 2.44. The van der Waals surface area contributed by atoms with Gasteiger partial charge in [-0.05, 0) is 18.4 Å². The molecule has 3 N–H and O–H groups in total. The van der Waals surface area contributed by atoms with E-state index in [0.29, 0.717) is 5.95 Å². The van der Waals surface area contributed by atoms with Crippen molar-refractivity contribution < 1.29 is 5.11 Å². The van der Waals surface area contributed by atoms with Gasteiger partial charge in [0.1, 0.15) is 10.6 Å². The SMILES string of the molecule is CNc1nc(NC(C)CO)c2ccsc2n1. The summed E-state index contributed by atoms with van der Waals surface area (Å²) in [5, 5.41) is 18.1. The Kier molecular flexibility index (Phi) is 3.21. The van der Waals surface area contributed by atoms with E-state index in [1.54, 1.807) is 18.4 Å². The monoisotopic (exact) mass is 238 g/mol. The highest BCUT2D eigenvalue weighted by molar-refractivity contribution is 7.16. The molecular weight excluding hydrogens is 224 g/mol. The number of rotatable bonds is 4. The molecule has 86 valence electrons. The molecule has 0 aliphatic carbocycles. The summed E-state index contributed by atoms with van der Waals surface area (Å²) < 4.78 is 0. The number of nitrogens with zero attached hydrogens (tertiary/aromatic N) is 2. The lowest BCUT2D eigenvalue weighted by Crippen LogP contribution is -2.20. The van der Waals surface area contributed by atoms with Crippen molar-refractivity contribution in [2.24, 2.45) is 0 Å². The topological polar surface area (TPSA) is 70.1 Å². The second-order valence-electron chi connectivity index (χ2n) is 3.51. The van der Waals surface area contributed by atoms with Crippen LogP contribution in [0.5, 0.6) is 0 Å². The standard InChI is InChI=1S/C10H14N4OS/c1-6(5-15)12-8-7-3-4-16-9(7)14-10(11-2)13-8/h3-4,6,15H,5H2,1-2H3,(H2,11,12,13,14). The highest BCUT2D eigenvalue weighted by Gasteiger charge is 2.09. The van der Waals surface area contributed by atoms with Gasteiger partial charge in [-0.3, -0.25) is 0 Å². The average Bonchev–Trinajstić information content (AvgIpc) is 2.76. The van der Waals surface area contributed by atoms with Gasteiger partial charge in [-0.15, -0.1) is 11.3 Å². The number of fused-ring (bicyclic) bond motifs is 1. The molecule has 5 nitrogen and oxygen atoms in total. The first-order chi connectivity index (χ1) is 7.74. The molecule has 1 atom stereocenters. The van der Waals surface area contributed by atoms with E-state index in [9.17, 15) is 0 Å². The summed E-state index contributed by atoms with van der Waals surface area (Å²) in [4.78, 5) is 9.62. The number of nitrogens with one attached hydrogen (secondary N) is 2. The van der Waals surface area contributed by atoms with Crippen molar-refractivity contribution in [1.82, 2.24) is 9.97 Å². The Hall–Kier alpha value is -1.40. The molecule has 0 aromatic carbocycles. The molecule has 0 spiro atoms. The minimum absolute atomic E-state index is 0.0253. The first-order valence-corrected chi connectivity index (χ1v) is 5.93.